The summed E-state index contributed by atoms with van der Waals surface area (Å²) in [6.07, 6.45) is 4.69. The number of aryl methyl sites for hydroxylation is 2. The predicted octanol–water partition coefficient (Wildman–Crippen LogP) is 4.52. The SMILES string of the molecule is CC1CCc2c(N3CCC(O)CC3)c(F)cc3c(=O)c(C(=O)O)cn1c23.CCn1cc(C(=O)O)c(=O)c2cc(F)c(N3CCNC(C)C3)c(F)c21.Cl. The van der Waals surface area contributed by atoms with Crippen molar-refractivity contribution in [2.24, 2.45) is 0 Å². The van der Waals surface area contributed by atoms with Gasteiger partial charge < -0.3 is 39.6 Å². The van der Waals surface area contributed by atoms with Crippen molar-refractivity contribution < 1.29 is 38.1 Å². The number of piperidine rings is 1. The van der Waals surface area contributed by atoms with Crippen LogP contribution in [-0.2, 0) is 13.0 Å². The average molecular weight is 748 g/mol. The van der Waals surface area contributed by atoms with Gasteiger partial charge in [0, 0.05) is 74.7 Å². The van der Waals surface area contributed by atoms with Crippen LogP contribution < -0.4 is 26.0 Å². The van der Waals surface area contributed by atoms with Gasteiger partial charge >= 0.3 is 11.9 Å². The number of hydrogen-bond acceptors (Lipinski definition) is 8. The lowest BCUT2D eigenvalue weighted by molar-refractivity contribution is 0.0684. The highest BCUT2D eigenvalue weighted by molar-refractivity contribution is 5.96. The van der Waals surface area contributed by atoms with E-state index in [-0.39, 0.29) is 64.7 Å². The molecule has 0 amide bonds. The first kappa shape index (κ1) is 38.6. The Balaban J connectivity index is 0.000000197. The Labute approximate surface area is 302 Å². The lowest BCUT2D eigenvalue weighted by Gasteiger charge is -2.36. The molecule has 2 aromatic heterocycles. The molecule has 52 heavy (non-hydrogen) atoms. The van der Waals surface area contributed by atoms with E-state index in [9.17, 15) is 33.8 Å². The molecular formula is C36H41ClF3N5O7. The van der Waals surface area contributed by atoms with Crippen LogP contribution >= 0.6 is 12.4 Å². The second kappa shape index (κ2) is 15.2. The quantitative estimate of drug-likeness (QED) is 0.229. The van der Waals surface area contributed by atoms with E-state index in [0.29, 0.717) is 63.2 Å². The van der Waals surface area contributed by atoms with Crippen molar-refractivity contribution in [1.82, 2.24) is 14.5 Å². The Kier molecular flexibility index (Phi) is 11.3. The van der Waals surface area contributed by atoms with Crippen molar-refractivity contribution in [2.45, 2.75) is 71.2 Å². The number of rotatable bonds is 5. The summed E-state index contributed by atoms with van der Waals surface area (Å²) in [5.41, 5.74) is -0.700. The molecule has 2 saturated heterocycles. The Bertz CT molecular complexity index is 2180. The number of pyridine rings is 2. The van der Waals surface area contributed by atoms with Gasteiger partial charge in [-0.2, -0.15) is 0 Å². The Hall–Kier alpha value is -4.60. The molecule has 4 N–H and O–H groups in total. The number of nitrogens with zero attached hydrogens (tertiary/aromatic N) is 4. The number of hydrogen-bond donors (Lipinski definition) is 4. The van der Waals surface area contributed by atoms with Crippen LogP contribution in [0.3, 0.4) is 0 Å². The first-order chi connectivity index (χ1) is 24.2. The van der Waals surface area contributed by atoms with Gasteiger partial charge in [0.05, 0.1) is 28.2 Å². The molecule has 2 fully saturated rings. The first-order valence-electron chi connectivity index (χ1n) is 17.1. The summed E-state index contributed by atoms with van der Waals surface area (Å²) in [5, 5.41) is 31.3. The summed E-state index contributed by atoms with van der Waals surface area (Å²) in [7, 11) is 0. The molecule has 0 aliphatic carbocycles. The smallest absolute Gasteiger partial charge is 0.341 e. The standard InChI is InChI=1S/C19H21FN2O4.C17H19F2N3O3.ClH/c1-10-2-3-12-16-13(18(24)14(19(25)26)9-22(10)16)8-15(20)17(12)21-6-4-11(23)5-7-21;1-3-21-8-11(17(24)25)16(23)10-6-12(18)15(13(19)14(10)21)22-5-4-20-9(2)7-22;/h8-11,23H,2-7H2,1H3,(H,25,26);6,8-9,20H,3-5,7H2,1-2H3,(H,24,25);1H. The van der Waals surface area contributed by atoms with Gasteiger partial charge in [0.15, 0.2) is 5.82 Å². The number of carboxylic acid groups (broad SMARTS) is 2. The lowest BCUT2D eigenvalue weighted by atomic mass is 9.93. The summed E-state index contributed by atoms with van der Waals surface area (Å²) >= 11 is 0. The van der Waals surface area contributed by atoms with E-state index in [2.05, 4.69) is 5.32 Å². The molecule has 16 heteroatoms. The molecule has 2 unspecified atom stereocenters. The van der Waals surface area contributed by atoms with Crippen LogP contribution in [0.25, 0.3) is 21.8 Å². The molecule has 0 saturated carbocycles. The van der Waals surface area contributed by atoms with E-state index in [0.717, 1.165) is 24.2 Å². The number of nitrogens with one attached hydrogen (secondary N) is 1. The van der Waals surface area contributed by atoms with Crippen LogP contribution in [0, 0.1) is 17.5 Å². The normalized spacial score (nSPS) is 18.9. The second-order valence-electron chi connectivity index (χ2n) is 13.5. The fraction of sp³-hybridized carbons (Fsp3) is 0.444. The topological polar surface area (TPSA) is 157 Å². The summed E-state index contributed by atoms with van der Waals surface area (Å²) in [5.74, 6) is -4.91. The fourth-order valence-corrected chi connectivity index (χ4v) is 7.52. The highest BCUT2D eigenvalue weighted by Crippen LogP contribution is 2.39. The highest BCUT2D eigenvalue weighted by atomic mass is 35.5. The number of aromatic carboxylic acids is 2. The highest BCUT2D eigenvalue weighted by Gasteiger charge is 2.31. The molecule has 280 valence electrons. The third-order valence-corrected chi connectivity index (χ3v) is 10.1. The predicted molar refractivity (Wildman–Crippen MR) is 193 cm³/mol. The van der Waals surface area contributed by atoms with Crippen LogP contribution in [-0.4, -0.2) is 81.3 Å². The molecule has 3 aliphatic rings. The van der Waals surface area contributed by atoms with Crippen molar-refractivity contribution in [3.05, 3.63) is 79.1 Å². The second-order valence-corrected chi connectivity index (χ2v) is 13.5. The minimum Gasteiger partial charge on any atom is -0.477 e. The maximum absolute atomic E-state index is 15.2. The molecule has 0 spiro atoms. The number of aliphatic hydroxyl groups excluding tert-OH is 1. The summed E-state index contributed by atoms with van der Waals surface area (Å²) in [6.45, 7) is 8.42. The van der Waals surface area contributed by atoms with Gasteiger partial charge in [0.1, 0.15) is 28.4 Å². The lowest BCUT2D eigenvalue weighted by Crippen LogP contribution is -2.49. The summed E-state index contributed by atoms with van der Waals surface area (Å²) < 4.78 is 48.0. The van der Waals surface area contributed by atoms with E-state index in [4.69, 9.17) is 5.11 Å². The Morgan fingerprint density at radius 2 is 1.42 bits per heavy atom. The van der Waals surface area contributed by atoms with Gasteiger partial charge in [0.25, 0.3) is 0 Å². The minimum absolute atomic E-state index is 0. The monoisotopic (exact) mass is 747 g/mol. The third kappa shape index (κ3) is 6.84. The van der Waals surface area contributed by atoms with Crippen LogP contribution in [0.5, 0.6) is 0 Å². The molecular weight excluding hydrogens is 707 g/mol. The number of carboxylic acids is 2. The zero-order valence-corrected chi connectivity index (χ0v) is 29.7. The maximum Gasteiger partial charge on any atom is 0.341 e. The number of aromatic nitrogens is 2. The molecule has 12 nitrogen and oxygen atoms in total. The zero-order valence-electron chi connectivity index (χ0n) is 28.9. The van der Waals surface area contributed by atoms with Crippen molar-refractivity contribution in [1.29, 1.82) is 0 Å². The molecule has 4 aromatic rings. The van der Waals surface area contributed by atoms with E-state index < -0.39 is 45.8 Å². The van der Waals surface area contributed by atoms with Crippen molar-refractivity contribution in [3.63, 3.8) is 0 Å². The van der Waals surface area contributed by atoms with Crippen LogP contribution in [0.4, 0.5) is 24.5 Å². The van der Waals surface area contributed by atoms with E-state index >= 15 is 8.78 Å². The van der Waals surface area contributed by atoms with Gasteiger partial charge in [-0.15, -0.1) is 12.4 Å². The number of benzene rings is 2. The summed E-state index contributed by atoms with van der Waals surface area (Å²) in [4.78, 5) is 51.1. The Morgan fingerprint density at radius 3 is 2.00 bits per heavy atom. The Morgan fingerprint density at radius 1 is 0.846 bits per heavy atom. The van der Waals surface area contributed by atoms with Gasteiger partial charge in [-0.1, -0.05) is 0 Å². The van der Waals surface area contributed by atoms with Crippen molar-refractivity contribution >= 4 is 57.5 Å². The van der Waals surface area contributed by atoms with Crippen LogP contribution in [0.2, 0.25) is 0 Å². The largest absolute Gasteiger partial charge is 0.477 e. The molecule has 7 rings (SSSR count). The summed E-state index contributed by atoms with van der Waals surface area (Å²) in [6, 6.07) is 2.24. The number of aliphatic hydroxyl groups is 1. The molecule has 2 atom stereocenters. The number of halogens is 4. The zero-order chi connectivity index (χ0) is 36.9. The average Bonchev–Trinajstić information content (AvgIpc) is 3.08. The van der Waals surface area contributed by atoms with Crippen molar-refractivity contribution in [3.8, 4) is 0 Å². The minimum atomic E-state index is -1.42. The van der Waals surface area contributed by atoms with E-state index in [1.807, 2.05) is 18.7 Å². The molecule has 5 heterocycles. The number of carbonyl (C=O) groups is 2. The first-order valence-corrected chi connectivity index (χ1v) is 17.1. The van der Waals surface area contributed by atoms with Gasteiger partial charge in [-0.05, 0) is 58.6 Å². The molecule has 0 bridgehead atoms. The van der Waals surface area contributed by atoms with Gasteiger partial charge in [0.2, 0.25) is 10.9 Å². The number of fused-ring (bicyclic) bond motifs is 1. The van der Waals surface area contributed by atoms with Crippen LogP contribution in [0.15, 0.2) is 34.1 Å². The van der Waals surface area contributed by atoms with Gasteiger partial charge in [-0.3, -0.25) is 9.59 Å². The maximum atomic E-state index is 15.2. The van der Waals surface area contributed by atoms with Gasteiger partial charge in [-0.25, -0.2) is 22.8 Å². The molecule has 2 aromatic carbocycles. The molecule has 0 radical (unpaired) electrons. The molecule has 3 aliphatic heterocycles. The number of anilines is 2. The fourth-order valence-electron chi connectivity index (χ4n) is 7.52. The van der Waals surface area contributed by atoms with Crippen molar-refractivity contribution in [2.75, 3.05) is 42.5 Å². The van der Waals surface area contributed by atoms with E-state index in [1.165, 1.54) is 16.8 Å². The van der Waals surface area contributed by atoms with Crippen LogP contribution in [0.1, 0.15) is 72.4 Å². The number of piperazine rings is 1. The van der Waals surface area contributed by atoms with E-state index in [1.54, 1.807) is 16.4 Å². The third-order valence-electron chi connectivity index (χ3n) is 10.1.